The summed E-state index contributed by atoms with van der Waals surface area (Å²) >= 11 is 1.22. The maximum absolute atomic E-state index is 9.45. The van der Waals surface area contributed by atoms with E-state index in [2.05, 4.69) is 9.36 Å². The number of nitrogens with zero attached hydrogens (tertiary/aromatic N) is 2. The number of phenols is 1. The van der Waals surface area contributed by atoms with Crippen LogP contribution in [0.1, 0.15) is 31.2 Å². The minimum Gasteiger partial charge on any atom is -0.508 e. The van der Waals surface area contributed by atoms with Gasteiger partial charge in [-0.3, -0.25) is 0 Å². The first-order valence-corrected chi connectivity index (χ1v) is 6.14. The normalized spacial score (nSPS) is 10.8. The molecule has 0 saturated carbocycles. The Labute approximate surface area is 104 Å². The minimum atomic E-state index is 0.189. The van der Waals surface area contributed by atoms with Gasteiger partial charge in [0, 0.05) is 23.5 Å². The predicted molar refractivity (Wildman–Crippen MR) is 66.9 cm³/mol. The van der Waals surface area contributed by atoms with Crippen LogP contribution in [-0.4, -0.2) is 14.5 Å². The summed E-state index contributed by atoms with van der Waals surface area (Å²) in [5, 5.41) is 9.95. The van der Waals surface area contributed by atoms with Gasteiger partial charge in [0.1, 0.15) is 17.3 Å². The van der Waals surface area contributed by atoms with Gasteiger partial charge in [-0.25, -0.2) is 0 Å². The van der Waals surface area contributed by atoms with Gasteiger partial charge in [0.25, 0.3) is 5.19 Å². The number of benzene rings is 1. The van der Waals surface area contributed by atoms with Crippen molar-refractivity contribution in [2.45, 2.75) is 26.7 Å². The van der Waals surface area contributed by atoms with Crippen molar-refractivity contribution in [1.29, 1.82) is 0 Å². The highest BCUT2D eigenvalue weighted by molar-refractivity contribution is 7.07. The highest BCUT2D eigenvalue weighted by Crippen LogP contribution is 2.28. The fourth-order valence-corrected chi connectivity index (χ4v) is 2.08. The molecule has 90 valence electrons. The lowest BCUT2D eigenvalue weighted by Gasteiger charge is -2.03. The predicted octanol–water partition coefficient (Wildman–Crippen LogP) is 3.47. The van der Waals surface area contributed by atoms with Gasteiger partial charge in [0.15, 0.2) is 0 Å². The quantitative estimate of drug-likeness (QED) is 0.906. The molecule has 1 aromatic carbocycles. The van der Waals surface area contributed by atoms with Crippen molar-refractivity contribution < 1.29 is 9.84 Å². The second-order valence-corrected chi connectivity index (χ2v) is 4.89. The number of aromatic nitrogens is 2. The second-order valence-electron chi connectivity index (χ2n) is 4.18. The van der Waals surface area contributed by atoms with Gasteiger partial charge in [-0.05, 0) is 24.6 Å². The van der Waals surface area contributed by atoms with Gasteiger partial charge in [-0.15, -0.1) is 0 Å². The van der Waals surface area contributed by atoms with Crippen LogP contribution in [0.2, 0.25) is 0 Å². The highest BCUT2D eigenvalue weighted by Gasteiger charge is 2.09. The van der Waals surface area contributed by atoms with Crippen LogP contribution < -0.4 is 4.74 Å². The number of rotatable bonds is 3. The maximum Gasteiger partial charge on any atom is 0.298 e. The zero-order valence-electron chi connectivity index (χ0n) is 9.97. The maximum atomic E-state index is 9.45. The molecule has 2 rings (SSSR count). The summed E-state index contributed by atoms with van der Waals surface area (Å²) in [4.78, 5) is 4.27. The van der Waals surface area contributed by atoms with E-state index in [1.54, 1.807) is 12.1 Å². The third kappa shape index (κ3) is 2.94. The average Bonchev–Trinajstić information content (AvgIpc) is 2.64. The van der Waals surface area contributed by atoms with Gasteiger partial charge in [-0.2, -0.15) is 9.36 Å². The second kappa shape index (κ2) is 4.71. The summed E-state index contributed by atoms with van der Waals surface area (Å²) in [7, 11) is 0. The molecule has 17 heavy (non-hydrogen) atoms. The molecule has 5 heteroatoms. The number of aryl methyl sites for hydroxylation is 1. The lowest BCUT2D eigenvalue weighted by molar-refractivity contribution is 0.452. The van der Waals surface area contributed by atoms with E-state index in [4.69, 9.17) is 4.74 Å². The van der Waals surface area contributed by atoms with Crippen LogP contribution in [0.4, 0.5) is 0 Å². The number of ether oxygens (including phenoxy) is 1. The lowest BCUT2D eigenvalue weighted by atomic mass is 10.2. The van der Waals surface area contributed by atoms with Crippen molar-refractivity contribution >= 4 is 11.5 Å². The summed E-state index contributed by atoms with van der Waals surface area (Å²) in [5.74, 6) is 1.83. The molecule has 0 bridgehead atoms. The van der Waals surface area contributed by atoms with Gasteiger partial charge in [0.2, 0.25) is 0 Å². The molecule has 1 aromatic heterocycles. The first-order chi connectivity index (χ1) is 8.04. The number of phenolic OH excluding ortho intramolecular Hbond substituents is 1. The van der Waals surface area contributed by atoms with Gasteiger partial charge >= 0.3 is 0 Å². The molecule has 1 N–H and O–H groups in total. The Morgan fingerprint density at radius 1 is 1.29 bits per heavy atom. The van der Waals surface area contributed by atoms with E-state index in [9.17, 15) is 5.11 Å². The molecule has 2 aromatic rings. The van der Waals surface area contributed by atoms with Crippen molar-refractivity contribution in [2.24, 2.45) is 0 Å². The topological polar surface area (TPSA) is 55.2 Å². The zero-order valence-corrected chi connectivity index (χ0v) is 10.8. The molecule has 1 heterocycles. The van der Waals surface area contributed by atoms with Crippen LogP contribution >= 0.6 is 11.5 Å². The van der Waals surface area contributed by atoms with Gasteiger partial charge in [0.05, 0.1) is 0 Å². The molecule has 0 unspecified atom stereocenters. The molecule has 4 nitrogen and oxygen atoms in total. The smallest absolute Gasteiger partial charge is 0.298 e. The van der Waals surface area contributed by atoms with Crippen LogP contribution in [0.25, 0.3) is 0 Å². The zero-order chi connectivity index (χ0) is 12.4. The van der Waals surface area contributed by atoms with Crippen molar-refractivity contribution in [3.63, 3.8) is 0 Å². The summed E-state index contributed by atoms with van der Waals surface area (Å²) in [6.07, 6.45) is 0. The summed E-state index contributed by atoms with van der Waals surface area (Å²) in [6.45, 7) is 5.96. The minimum absolute atomic E-state index is 0.189. The van der Waals surface area contributed by atoms with Crippen molar-refractivity contribution in [3.05, 3.63) is 29.6 Å². The fourth-order valence-electron chi connectivity index (χ4n) is 1.38. The Kier molecular flexibility index (Phi) is 3.28. The molecule has 0 fully saturated rings. The van der Waals surface area contributed by atoms with Crippen LogP contribution in [0.15, 0.2) is 18.2 Å². The molecule has 0 spiro atoms. The third-order valence-corrected chi connectivity index (χ3v) is 2.79. The summed E-state index contributed by atoms with van der Waals surface area (Å²) in [6, 6.07) is 5.08. The molecule has 0 amide bonds. The van der Waals surface area contributed by atoms with E-state index in [-0.39, 0.29) is 11.7 Å². The Bertz CT molecular complexity index is 503. The standard InChI is InChI=1S/C12H14N2O2S/c1-7(2)11-13-12(17-14-11)16-10-5-8(3)4-9(15)6-10/h4-7,15H,1-3H3. The molecule has 0 radical (unpaired) electrons. The van der Waals surface area contributed by atoms with Crippen LogP contribution in [-0.2, 0) is 0 Å². The van der Waals surface area contributed by atoms with Crippen molar-refractivity contribution in [3.8, 4) is 16.7 Å². The van der Waals surface area contributed by atoms with Crippen molar-refractivity contribution in [2.75, 3.05) is 0 Å². The molecule has 0 aliphatic heterocycles. The molecule has 0 saturated heterocycles. The van der Waals surface area contributed by atoms with E-state index in [0.29, 0.717) is 10.9 Å². The Morgan fingerprint density at radius 2 is 2.06 bits per heavy atom. The summed E-state index contributed by atoms with van der Waals surface area (Å²) in [5.41, 5.74) is 0.939. The SMILES string of the molecule is Cc1cc(O)cc(Oc2nc(C(C)C)ns2)c1. The third-order valence-electron chi connectivity index (χ3n) is 2.18. The molecule has 0 atom stereocenters. The average molecular weight is 250 g/mol. The Morgan fingerprint density at radius 3 is 2.65 bits per heavy atom. The van der Waals surface area contributed by atoms with E-state index < -0.39 is 0 Å². The highest BCUT2D eigenvalue weighted by atomic mass is 32.1. The number of hydrogen-bond acceptors (Lipinski definition) is 5. The van der Waals surface area contributed by atoms with E-state index in [1.807, 2.05) is 26.8 Å². The number of aromatic hydroxyl groups is 1. The monoisotopic (exact) mass is 250 g/mol. The molecule has 0 aliphatic carbocycles. The largest absolute Gasteiger partial charge is 0.508 e. The van der Waals surface area contributed by atoms with Gasteiger partial charge < -0.3 is 9.84 Å². The Balaban J connectivity index is 2.19. The Hall–Kier alpha value is -1.62. The molecule has 0 aliphatic rings. The summed E-state index contributed by atoms with van der Waals surface area (Å²) < 4.78 is 9.76. The van der Waals surface area contributed by atoms with E-state index in [0.717, 1.165) is 11.4 Å². The van der Waals surface area contributed by atoms with Crippen molar-refractivity contribution in [1.82, 2.24) is 9.36 Å². The molecular formula is C12H14N2O2S. The van der Waals surface area contributed by atoms with Crippen LogP contribution in [0.3, 0.4) is 0 Å². The van der Waals surface area contributed by atoms with E-state index >= 15 is 0 Å². The van der Waals surface area contributed by atoms with Crippen LogP contribution in [0.5, 0.6) is 16.7 Å². The molecular weight excluding hydrogens is 236 g/mol. The number of hydrogen-bond donors (Lipinski definition) is 1. The van der Waals surface area contributed by atoms with E-state index in [1.165, 1.54) is 11.5 Å². The fraction of sp³-hybridized carbons (Fsp3) is 0.333. The first kappa shape index (κ1) is 11.9. The van der Waals surface area contributed by atoms with Gasteiger partial charge in [-0.1, -0.05) is 13.8 Å². The first-order valence-electron chi connectivity index (χ1n) is 5.36. The van der Waals surface area contributed by atoms with Crippen LogP contribution in [0, 0.1) is 6.92 Å². The lowest BCUT2D eigenvalue weighted by Crippen LogP contribution is -1.90.